The van der Waals surface area contributed by atoms with E-state index in [0.29, 0.717) is 10.6 Å². The molecule has 1 aromatic carbocycles. The van der Waals surface area contributed by atoms with E-state index in [1.807, 2.05) is 18.5 Å². The quantitative estimate of drug-likeness (QED) is 0.875. The number of rotatable bonds is 4. The number of hydrogen-bond donors (Lipinski definition) is 1. The van der Waals surface area contributed by atoms with E-state index in [-0.39, 0.29) is 18.6 Å². The van der Waals surface area contributed by atoms with Gasteiger partial charge in [0.15, 0.2) is 5.78 Å². The summed E-state index contributed by atoms with van der Waals surface area (Å²) in [7, 11) is 1.86. The predicted octanol–water partition coefficient (Wildman–Crippen LogP) is 3.19. The number of carboxylic acid groups (broad SMARTS) is 1. The van der Waals surface area contributed by atoms with E-state index in [2.05, 4.69) is 0 Å². The molecule has 0 spiro atoms. The molecule has 5 heteroatoms. The van der Waals surface area contributed by atoms with Crippen molar-refractivity contribution in [2.45, 2.75) is 19.8 Å². The van der Waals surface area contributed by atoms with Gasteiger partial charge < -0.3 is 9.67 Å². The van der Waals surface area contributed by atoms with Crippen LogP contribution in [0.3, 0.4) is 0 Å². The number of carbonyl (C=O) groups is 2. The molecule has 0 aliphatic carbocycles. The molecular formula is C14H14ClNO3. The third kappa shape index (κ3) is 2.49. The number of ketones is 1. The van der Waals surface area contributed by atoms with Gasteiger partial charge in [-0.25, -0.2) is 0 Å². The summed E-state index contributed by atoms with van der Waals surface area (Å²) < 4.78 is 1.90. The number of carboxylic acids is 1. The normalized spacial score (nSPS) is 10.9. The van der Waals surface area contributed by atoms with Gasteiger partial charge in [0.05, 0.1) is 11.9 Å². The fourth-order valence-corrected chi connectivity index (χ4v) is 2.40. The van der Waals surface area contributed by atoms with Gasteiger partial charge in [-0.1, -0.05) is 17.7 Å². The molecule has 0 unspecified atom stereocenters. The fourth-order valence-electron chi connectivity index (χ4n) is 2.23. The van der Waals surface area contributed by atoms with Crippen molar-refractivity contribution >= 4 is 34.3 Å². The van der Waals surface area contributed by atoms with Gasteiger partial charge in [-0.05, 0) is 19.1 Å². The molecule has 0 aliphatic rings. The van der Waals surface area contributed by atoms with Crippen molar-refractivity contribution in [3.63, 3.8) is 0 Å². The number of halogens is 1. The third-order valence-electron chi connectivity index (χ3n) is 3.30. The van der Waals surface area contributed by atoms with Crippen LogP contribution in [0.15, 0.2) is 18.2 Å². The van der Waals surface area contributed by atoms with Crippen molar-refractivity contribution < 1.29 is 14.7 Å². The van der Waals surface area contributed by atoms with Gasteiger partial charge in [0.25, 0.3) is 0 Å². The number of aromatic nitrogens is 1. The van der Waals surface area contributed by atoms with Crippen LogP contribution in [0.25, 0.3) is 10.9 Å². The van der Waals surface area contributed by atoms with Crippen molar-refractivity contribution in [3.8, 4) is 0 Å². The Hall–Kier alpha value is -1.81. The minimum Gasteiger partial charge on any atom is -0.481 e. The highest BCUT2D eigenvalue weighted by Gasteiger charge is 2.19. The molecular weight excluding hydrogens is 266 g/mol. The summed E-state index contributed by atoms with van der Waals surface area (Å²) in [5.41, 5.74) is 2.30. The Balaban J connectivity index is 2.51. The second-order valence-corrected chi connectivity index (χ2v) is 4.93. The van der Waals surface area contributed by atoms with Crippen LogP contribution in [0, 0.1) is 6.92 Å². The molecule has 1 heterocycles. The maximum Gasteiger partial charge on any atom is 0.303 e. The van der Waals surface area contributed by atoms with Crippen molar-refractivity contribution in [2.24, 2.45) is 7.05 Å². The Bertz CT molecular complexity index is 673. The van der Waals surface area contributed by atoms with Crippen molar-refractivity contribution in [3.05, 3.63) is 34.5 Å². The summed E-state index contributed by atoms with van der Waals surface area (Å²) in [5, 5.41) is 10.1. The zero-order chi connectivity index (χ0) is 14.2. The Kier molecular flexibility index (Phi) is 3.62. The third-order valence-corrected chi connectivity index (χ3v) is 3.54. The van der Waals surface area contributed by atoms with E-state index < -0.39 is 5.97 Å². The summed E-state index contributed by atoms with van der Waals surface area (Å²) in [6.07, 6.45) is -0.139. The Morgan fingerprint density at radius 1 is 1.32 bits per heavy atom. The van der Waals surface area contributed by atoms with Crippen LogP contribution in [0.5, 0.6) is 0 Å². The lowest BCUT2D eigenvalue weighted by atomic mass is 10.0. The minimum atomic E-state index is -0.964. The molecule has 100 valence electrons. The highest BCUT2D eigenvalue weighted by molar-refractivity contribution is 6.31. The highest BCUT2D eigenvalue weighted by Crippen LogP contribution is 2.28. The molecule has 0 amide bonds. The topological polar surface area (TPSA) is 59.3 Å². The molecule has 1 N–H and O–H groups in total. The van der Waals surface area contributed by atoms with Gasteiger partial charge in [0, 0.05) is 35.1 Å². The Morgan fingerprint density at radius 3 is 2.63 bits per heavy atom. The summed E-state index contributed by atoms with van der Waals surface area (Å²) in [6.45, 7) is 1.85. The molecule has 0 saturated carbocycles. The number of hydrogen-bond acceptors (Lipinski definition) is 2. The average Bonchev–Trinajstić information content (AvgIpc) is 2.60. The summed E-state index contributed by atoms with van der Waals surface area (Å²) in [5.74, 6) is -1.11. The molecule has 0 saturated heterocycles. The van der Waals surface area contributed by atoms with Crippen molar-refractivity contribution in [1.29, 1.82) is 0 Å². The molecule has 0 fully saturated rings. The first-order chi connectivity index (χ1) is 8.91. The first-order valence-electron chi connectivity index (χ1n) is 5.91. The van der Waals surface area contributed by atoms with Gasteiger partial charge in [-0.2, -0.15) is 0 Å². The monoisotopic (exact) mass is 279 g/mol. The number of aliphatic carboxylic acids is 1. The van der Waals surface area contributed by atoms with Crippen LogP contribution < -0.4 is 0 Å². The SMILES string of the molecule is Cc1c(C(=O)CCC(=O)O)c2ccc(Cl)cc2n1C. The summed E-state index contributed by atoms with van der Waals surface area (Å²) >= 11 is 5.96. The Morgan fingerprint density at radius 2 is 2.00 bits per heavy atom. The maximum atomic E-state index is 12.2. The van der Waals surface area contributed by atoms with Crippen LogP contribution in [0.2, 0.25) is 5.02 Å². The van der Waals surface area contributed by atoms with E-state index in [1.54, 1.807) is 18.2 Å². The molecule has 0 aliphatic heterocycles. The summed E-state index contributed by atoms with van der Waals surface area (Å²) in [6, 6.07) is 5.34. The molecule has 2 aromatic rings. The predicted molar refractivity (Wildman–Crippen MR) is 73.9 cm³/mol. The first-order valence-corrected chi connectivity index (χ1v) is 6.29. The van der Waals surface area contributed by atoms with Gasteiger partial charge in [-0.15, -0.1) is 0 Å². The number of carbonyl (C=O) groups excluding carboxylic acids is 1. The van der Waals surface area contributed by atoms with Crippen LogP contribution in [-0.4, -0.2) is 21.4 Å². The molecule has 4 nitrogen and oxygen atoms in total. The molecule has 0 radical (unpaired) electrons. The van der Waals surface area contributed by atoms with Crippen molar-refractivity contribution in [2.75, 3.05) is 0 Å². The molecule has 2 rings (SSSR count). The van der Waals surface area contributed by atoms with Crippen LogP contribution >= 0.6 is 11.6 Å². The van der Waals surface area contributed by atoms with E-state index in [9.17, 15) is 9.59 Å². The second kappa shape index (κ2) is 5.05. The van der Waals surface area contributed by atoms with E-state index >= 15 is 0 Å². The van der Waals surface area contributed by atoms with E-state index in [1.165, 1.54) is 0 Å². The molecule has 0 bridgehead atoms. The number of fused-ring (bicyclic) bond motifs is 1. The van der Waals surface area contributed by atoms with E-state index in [0.717, 1.165) is 16.6 Å². The number of nitrogens with zero attached hydrogens (tertiary/aromatic N) is 1. The van der Waals surface area contributed by atoms with Crippen LogP contribution in [0.1, 0.15) is 28.9 Å². The van der Waals surface area contributed by atoms with Crippen LogP contribution in [-0.2, 0) is 11.8 Å². The van der Waals surface area contributed by atoms with Crippen LogP contribution in [0.4, 0.5) is 0 Å². The van der Waals surface area contributed by atoms with Gasteiger partial charge in [0.1, 0.15) is 0 Å². The Labute approximate surface area is 115 Å². The minimum absolute atomic E-state index is 0.0118. The smallest absolute Gasteiger partial charge is 0.303 e. The highest BCUT2D eigenvalue weighted by atomic mass is 35.5. The zero-order valence-corrected chi connectivity index (χ0v) is 11.5. The zero-order valence-electron chi connectivity index (χ0n) is 10.7. The van der Waals surface area contributed by atoms with Crippen molar-refractivity contribution in [1.82, 2.24) is 4.57 Å². The van der Waals surface area contributed by atoms with E-state index in [4.69, 9.17) is 16.7 Å². The fraction of sp³-hybridized carbons (Fsp3) is 0.286. The van der Waals surface area contributed by atoms with Gasteiger partial charge in [-0.3, -0.25) is 9.59 Å². The maximum absolute atomic E-state index is 12.2. The lowest BCUT2D eigenvalue weighted by molar-refractivity contribution is -0.136. The van der Waals surface area contributed by atoms with Gasteiger partial charge in [0.2, 0.25) is 0 Å². The first kappa shape index (κ1) is 13.6. The second-order valence-electron chi connectivity index (χ2n) is 4.50. The number of aryl methyl sites for hydroxylation is 1. The summed E-state index contributed by atoms with van der Waals surface area (Å²) in [4.78, 5) is 22.7. The standard InChI is InChI=1S/C14H14ClNO3/c1-8-14(12(17)5-6-13(18)19)10-4-3-9(15)7-11(10)16(8)2/h3-4,7H,5-6H2,1-2H3,(H,18,19). The number of benzene rings is 1. The lowest BCUT2D eigenvalue weighted by Gasteiger charge is -2.00. The molecule has 0 atom stereocenters. The largest absolute Gasteiger partial charge is 0.481 e. The number of Topliss-reactive ketones (excluding diaryl/α,β-unsaturated/α-hetero) is 1. The average molecular weight is 280 g/mol. The molecule has 19 heavy (non-hydrogen) atoms. The lowest BCUT2D eigenvalue weighted by Crippen LogP contribution is -2.05. The van der Waals surface area contributed by atoms with Gasteiger partial charge >= 0.3 is 5.97 Å². The molecule has 1 aromatic heterocycles.